The second-order valence-corrected chi connectivity index (χ2v) is 6.81. The molecule has 0 aliphatic carbocycles. The molecular formula is C19H23F3N4O3. The molecule has 1 aliphatic rings. The minimum absolute atomic E-state index is 0.312. The van der Waals surface area contributed by atoms with Gasteiger partial charge in [0.25, 0.3) is 5.91 Å². The van der Waals surface area contributed by atoms with Crippen molar-refractivity contribution in [1.29, 1.82) is 0 Å². The Hall–Kier alpha value is -2.46. The highest BCUT2D eigenvalue weighted by Crippen LogP contribution is 2.32. The number of hydrogen-bond donors (Lipinski definition) is 0. The Morgan fingerprint density at radius 3 is 2.76 bits per heavy atom. The van der Waals surface area contributed by atoms with Gasteiger partial charge in [-0.25, -0.2) is 0 Å². The summed E-state index contributed by atoms with van der Waals surface area (Å²) in [5, 5.41) is 3.89. The standard InChI is InChI=1S/C19H23F3N4O3/c1-28-12-7-16-23-17(29-24-16)13-25-8-4-9-26(11-10-25)18(27)14-5-2-3-6-15(14)19(20,21)22/h2-3,5-6H,4,7-13H2,1H3. The van der Waals surface area contributed by atoms with Gasteiger partial charge in [0, 0.05) is 39.7 Å². The summed E-state index contributed by atoms with van der Waals surface area (Å²) in [4.78, 5) is 20.6. The fraction of sp³-hybridized carbons (Fsp3) is 0.526. The topological polar surface area (TPSA) is 71.7 Å². The molecule has 1 fully saturated rings. The number of alkyl halides is 3. The molecule has 10 heteroatoms. The molecule has 158 valence electrons. The summed E-state index contributed by atoms with van der Waals surface area (Å²) in [6, 6.07) is 4.90. The third-order valence-electron chi connectivity index (χ3n) is 4.74. The summed E-state index contributed by atoms with van der Waals surface area (Å²) in [6.07, 6.45) is -3.37. The van der Waals surface area contributed by atoms with Crippen molar-refractivity contribution in [3.05, 3.63) is 47.1 Å². The van der Waals surface area contributed by atoms with Gasteiger partial charge in [-0.3, -0.25) is 9.69 Å². The average Bonchev–Trinajstić information content (AvgIpc) is 3.01. The number of rotatable bonds is 6. The van der Waals surface area contributed by atoms with Crippen LogP contribution in [0.4, 0.5) is 13.2 Å². The smallest absolute Gasteiger partial charge is 0.384 e. The van der Waals surface area contributed by atoms with Crippen LogP contribution in [0.5, 0.6) is 0 Å². The molecule has 1 saturated heterocycles. The van der Waals surface area contributed by atoms with Gasteiger partial charge in [-0.05, 0) is 18.6 Å². The molecule has 2 aromatic rings. The van der Waals surface area contributed by atoms with E-state index < -0.39 is 17.6 Å². The molecular weight excluding hydrogens is 389 g/mol. The van der Waals surface area contributed by atoms with Crippen molar-refractivity contribution < 1.29 is 27.2 Å². The van der Waals surface area contributed by atoms with E-state index in [1.165, 1.54) is 23.1 Å². The van der Waals surface area contributed by atoms with Crippen LogP contribution in [-0.2, 0) is 23.9 Å². The quantitative estimate of drug-likeness (QED) is 0.727. The van der Waals surface area contributed by atoms with E-state index >= 15 is 0 Å². The summed E-state index contributed by atoms with van der Waals surface area (Å²) in [5.74, 6) is 0.440. The Bertz CT molecular complexity index is 825. The second kappa shape index (κ2) is 9.36. The first kappa shape index (κ1) is 21.3. The van der Waals surface area contributed by atoms with Gasteiger partial charge in [-0.1, -0.05) is 17.3 Å². The number of aromatic nitrogens is 2. The minimum atomic E-state index is -4.57. The van der Waals surface area contributed by atoms with Crippen LogP contribution in [0.3, 0.4) is 0 Å². The maximum absolute atomic E-state index is 13.2. The number of methoxy groups -OCH3 is 1. The number of benzene rings is 1. The Labute approximate surface area is 166 Å². The zero-order chi connectivity index (χ0) is 20.9. The molecule has 29 heavy (non-hydrogen) atoms. The van der Waals surface area contributed by atoms with Crippen molar-refractivity contribution in [3.63, 3.8) is 0 Å². The first-order valence-electron chi connectivity index (χ1n) is 9.36. The van der Waals surface area contributed by atoms with Crippen molar-refractivity contribution >= 4 is 5.91 Å². The van der Waals surface area contributed by atoms with E-state index in [2.05, 4.69) is 15.0 Å². The van der Waals surface area contributed by atoms with E-state index in [4.69, 9.17) is 9.26 Å². The Morgan fingerprint density at radius 2 is 2.00 bits per heavy atom. The molecule has 1 aromatic carbocycles. The van der Waals surface area contributed by atoms with E-state index in [0.29, 0.717) is 63.9 Å². The zero-order valence-electron chi connectivity index (χ0n) is 16.1. The third kappa shape index (κ3) is 5.54. The van der Waals surface area contributed by atoms with Gasteiger partial charge in [-0.2, -0.15) is 18.2 Å². The van der Waals surface area contributed by atoms with Crippen LogP contribution in [0, 0.1) is 0 Å². The summed E-state index contributed by atoms with van der Waals surface area (Å²) >= 11 is 0. The van der Waals surface area contributed by atoms with Gasteiger partial charge in [0.15, 0.2) is 5.82 Å². The molecule has 0 spiro atoms. The summed E-state index contributed by atoms with van der Waals surface area (Å²) in [6.45, 7) is 2.84. The molecule has 0 saturated carbocycles. The van der Waals surface area contributed by atoms with Crippen molar-refractivity contribution in [1.82, 2.24) is 19.9 Å². The lowest BCUT2D eigenvalue weighted by Gasteiger charge is -2.23. The van der Waals surface area contributed by atoms with Crippen LogP contribution in [0.2, 0.25) is 0 Å². The molecule has 0 atom stereocenters. The molecule has 1 aliphatic heterocycles. The predicted molar refractivity (Wildman–Crippen MR) is 97.1 cm³/mol. The van der Waals surface area contributed by atoms with Crippen LogP contribution in [0.25, 0.3) is 0 Å². The molecule has 0 radical (unpaired) electrons. The van der Waals surface area contributed by atoms with Crippen molar-refractivity contribution in [2.75, 3.05) is 39.9 Å². The lowest BCUT2D eigenvalue weighted by atomic mass is 10.1. The zero-order valence-corrected chi connectivity index (χ0v) is 16.1. The van der Waals surface area contributed by atoms with Crippen LogP contribution in [0.1, 0.15) is 34.1 Å². The first-order chi connectivity index (χ1) is 13.9. The maximum atomic E-state index is 13.2. The molecule has 0 bridgehead atoms. The molecule has 2 heterocycles. The Kier molecular flexibility index (Phi) is 6.86. The van der Waals surface area contributed by atoms with Gasteiger partial charge >= 0.3 is 6.18 Å². The van der Waals surface area contributed by atoms with Crippen LogP contribution >= 0.6 is 0 Å². The fourth-order valence-electron chi connectivity index (χ4n) is 3.26. The van der Waals surface area contributed by atoms with Gasteiger partial charge < -0.3 is 14.2 Å². The van der Waals surface area contributed by atoms with Crippen molar-refractivity contribution in [3.8, 4) is 0 Å². The lowest BCUT2D eigenvalue weighted by Crippen LogP contribution is -2.36. The Balaban J connectivity index is 1.61. The molecule has 1 aromatic heterocycles. The first-order valence-corrected chi connectivity index (χ1v) is 9.36. The van der Waals surface area contributed by atoms with E-state index in [-0.39, 0.29) is 5.56 Å². The highest BCUT2D eigenvalue weighted by molar-refractivity contribution is 5.96. The molecule has 1 amide bonds. The van der Waals surface area contributed by atoms with E-state index in [1.807, 2.05) is 0 Å². The fourth-order valence-corrected chi connectivity index (χ4v) is 3.26. The highest BCUT2D eigenvalue weighted by Gasteiger charge is 2.36. The number of carbonyl (C=O) groups is 1. The van der Waals surface area contributed by atoms with Crippen LogP contribution < -0.4 is 0 Å². The highest BCUT2D eigenvalue weighted by atomic mass is 19.4. The number of nitrogens with zero attached hydrogens (tertiary/aromatic N) is 4. The van der Waals surface area contributed by atoms with Crippen molar-refractivity contribution in [2.45, 2.75) is 25.6 Å². The number of amides is 1. The number of ether oxygens (including phenoxy) is 1. The van der Waals surface area contributed by atoms with Crippen molar-refractivity contribution in [2.24, 2.45) is 0 Å². The lowest BCUT2D eigenvalue weighted by molar-refractivity contribution is -0.138. The van der Waals surface area contributed by atoms with E-state index in [0.717, 1.165) is 6.07 Å². The molecule has 0 unspecified atom stereocenters. The predicted octanol–water partition coefficient (Wildman–Crippen LogP) is 2.63. The van der Waals surface area contributed by atoms with Crippen LogP contribution in [-0.4, -0.2) is 65.7 Å². The number of hydrogen-bond acceptors (Lipinski definition) is 6. The largest absolute Gasteiger partial charge is 0.417 e. The minimum Gasteiger partial charge on any atom is -0.384 e. The monoisotopic (exact) mass is 412 g/mol. The van der Waals surface area contributed by atoms with Gasteiger partial charge in [0.1, 0.15) is 0 Å². The second-order valence-electron chi connectivity index (χ2n) is 6.81. The van der Waals surface area contributed by atoms with Gasteiger partial charge in [0.2, 0.25) is 5.89 Å². The van der Waals surface area contributed by atoms with Gasteiger partial charge in [-0.15, -0.1) is 0 Å². The maximum Gasteiger partial charge on any atom is 0.417 e. The van der Waals surface area contributed by atoms with E-state index in [9.17, 15) is 18.0 Å². The summed E-state index contributed by atoms with van der Waals surface area (Å²) in [5.41, 5.74) is -1.21. The third-order valence-corrected chi connectivity index (χ3v) is 4.74. The normalized spacial score (nSPS) is 16.1. The Morgan fingerprint density at radius 1 is 1.21 bits per heavy atom. The average molecular weight is 412 g/mol. The number of halogens is 3. The van der Waals surface area contributed by atoms with Gasteiger partial charge in [0.05, 0.1) is 24.3 Å². The summed E-state index contributed by atoms with van der Waals surface area (Å²) < 4.78 is 49.9. The van der Waals surface area contributed by atoms with E-state index in [1.54, 1.807) is 7.11 Å². The summed E-state index contributed by atoms with van der Waals surface area (Å²) in [7, 11) is 1.60. The van der Waals surface area contributed by atoms with Crippen LogP contribution in [0.15, 0.2) is 28.8 Å². The molecule has 0 N–H and O–H groups in total. The SMILES string of the molecule is COCCc1noc(CN2CCCN(C(=O)c3ccccc3C(F)(F)F)CC2)n1. The molecule has 7 nitrogen and oxygen atoms in total. The molecule has 3 rings (SSSR count). The number of carbonyl (C=O) groups excluding carboxylic acids is 1.